The number of halogens is 3. The van der Waals surface area contributed by atoms with Gasteiger partial charge in [-0.3, -0.25) is 4.79 Å². The number of carbonyl (C=O) groups is 1. The predicted molar refractivity (Wildman–Crippen MR) is 65.8 cm³/mol. The second-order valence-corrected chi connectivity index (χ2v) is 4.22. The van der Waals surface area contributed by atoms with Crippen LogP contribution < -0.4 is 0 Å². The van der Waals surface area contributed by atoms with Gasteiger partial charge in [-0.15, -0.1) is 0 Å². The molecule has 0 heterocycles. The Labute approximate surface area is 108 Å². The lowest BCUT2D eigenvalue weighted by Gasteiger charge is -2.05. The third kappa shape index (κ3) is 2.74. The Morgan fingerprint density at radius 1 is 1.11 bits per heavy atom. The Hall–Kier alpha value is -1.74. The molecule has 18 heavy (non-hydrogen) atoms. The van der Waals surface area contributed by atoms with Crippen molar-refractivity contribution in [2.24, 2.45) is 0 Å². The number of carbonyl (C=O) groups excluding carboxylic acids is 1. The average molecular weight is 267 g/mol. The fourth-order valence-corrected chi connectivity index (χ4v) is 1.84. The quantitative estimate of drug-likeness (QED) is 0.766. The van der Waals surface area contributed by atoms with Crippen molar-refractivity contribution in [3.8, 4) is 0 Å². The second-order valence-electron chi connectivity index (χ2n) is 3.82. The molecule has 4 heteroatoms. The summed E-state index contributed by atoms with van der Waals surface area (Å²) >= 11 is 5.82. The molecule has 0 spiro atoms. The van der Waals surface area contributed by atoms with Crippen LogP contribution >= 0.6 is 11.6 Å². The molecule has 0 aliphatic carbocycles. The summed E-state index contributed by atoms with van der Waals surface area (Å²) in [6.45, 7) is 0. The number of Topliss-reactive ketones (excluding diaryl/α,β-unsaturated/α-hetero) is 1. The van der Waals surface area contributed by atoms with E-state index in [-0.39, 0.29) is 22.6 Å². The van der Waals surface area contributed by atoms with E-state index in [1.54, 1.807) is 12.1 Å². The maximum absolute atomic E-state index is 13.4. The van der Waals surface area contributed by atoms with Crippen molar-refractivity contribution in [2.45, 2.75) is 6.42 Å². The van der Waals surface area contributed by atoms with Gasteiger partial charge in [0.25, 0.3) is 0 Å². The molecule has 0 unspecified atom stereocenters. The van der Waals surface area contributed by atoms with E-state index in [1.165, 1.54) is 24.3 Å². The minimum atomic E-state index is -0.545. The largest absolute Gasteiger partial charge is 0.294 e. The normalized spacial score (nSPS) is 10.4. The van der Waals surface area contributed by atoms with Gasteiger partial charge in [0, 0.05) is 12.0 Å². The lowest BCUT2D eigenvalue weighted by Crippen LogP contribution is -2.06. The molecule has 0 aliphatic rings. The molecule has 2 aromatic carbocycles. The summed E-state index contributed by atoms with van der Waals surface area (Å²) < 4.78 is 26.4. The van der Waals surface area contributed by atoms with Crippen LogP contribution in [0, 0.1) is 11.6 Å². The number of hydrogen-bond donors (Lipinski definition) is 0. The van der Waals surface area contributed by atoms with Gasteiger partial charge < -0.3 is 0 Å². The second kappa shape index (κ2) is 5.27. The molecule has 1 nitrogen and oxygen atoms in total. The van der Waals surface area contributed by atoms with E-state index in [9.17, 15) is 13.6 Å². The minimum Gasteiger partial charge on any atom is -0.294 e. The summed E-state index contributed by atoms with van der Waals surface area (Å²) in [5.74, 6) is -1.42. The molecule has 0 amide bonds. The Morgan fingerprint density at radius 3 is 2.56 bits per heavy atom. The smallest absolute Gasteiger partial charge is 0.168 e. The van der Waals surface area contributed by atoms with Gasteiger partial charge in [0.2, 0.25) is 0 Å². The van der Waals surface area contributed by atoms with Gasteiger partial charge >= 0.3 is 0 Å². The fourth-order valence-electron chi connectivity index (χ4n) is 1.62. The summed E-state index contributed by atoms with van der Waals surface area (Å²) in [6, 6.07) is 9.51. The number of ketones is 1. The zero-order chi connectivity index (χ0) is 13.1. The summed E-state index contributed by atoms with van der Waals surface area (Å²) in [6.07, 6.45) is -0.143. The summed E-state index contributed by atoms with van der Waals surface area (Å²) in [7, 11) is 0. The van der Waals surface area contributed by atoms with Crippen LogP contribution in [0.2, 0.25) is 5.02 Å². The van der Waals surface area contributed by atoms with Gasteiger partial charge in [0.15, 0.2) is 5.78 Å². The molecule has 92 valence electrons. The van der Waals surface area contributed by atoms with Crippen molar-refractivity contribution in [2.75, 3.05) is 0 Å². The molecular weight excluding hydrogens is 258 g/mol. The van der Waals surface area contributed by atoms with Crippen LogP contribution in [0.1, 0.15) is 15.9 Å². The van der Waals surface area contributed by atoms with E-state index in [1.807, 2.05) is 0 Å². The van der Waals surface area contributed by atoms with Crippen LogP contribution in [0.5, 0.6) is 0 Å². The molecule has 0 bridgehead atoms. The van der Waals surface area contributed by atoms with Crippen LogP contribution in [0.25, 0.3) is 0 Å². The van der Waals surface area contributed by atoms with Crippen molar-refractivity contribution in [1.29, 1.82) is 0 Å². The monoisotopic (exact) mass is 266 g/mol. The molecule has 0 saturated heterocycles. The van der Waals surface area contributed by atoms with E-state index in [0.29, 0.717) is 0 Å². The molecule has 2 rings (SSSR count). The van der Waals surface area contributed by atoms with E-state index in [4.69, 9.17) is 11.6 Å². The van der Waals surface area contributed by atoms with Crippen molar-refractivity contribution < 1.29 is 13.6 Å². The zero-order valence-corrected chi connectivity index (χ0v) is 10.0. The summed E-state index contributed by atoms with van der Waals surface area (Å²) in [5, 5.41) is 0.165. The van der Waals surface area contributed by atoms with Gasteiger partial charge in [0.1, 0.15) is 11.6 Å². The first-order valence-corrected chi connectivity index (χ1v) is 5.67. The summed E-state index contributed by atoms with van der Waals surface area (Å²) in [4.78, 5) is 11.9. The first-order chi connectivity index (χ1) is 8.58. The van der Waals surface area contributed by atoms with E-state index in [0.717, 1.165) is 6.07 Å². The predicted octanol–water partition coefficient (Wildman–Crippen LogP) is 4.04. The number of rotatable bonds is 3. The fraction of sp³-hybridized carbons (Fsp3) is 0.0714. The van der Waals surface area contributed by atoms with E-state index < -0.39 is 17.4 Å². The standard InChI is InChI=1S/C14H9ClF2O/c15-12-6-5-10(16)8-11(12)14(18)7-9-3-1-2-4-13(9)17/h1-6,8H,7H2. The third-order valence-electron chi connectivity index (χ3n) is 2.54. The SMILES string of the molecule is O=C(Cc1ccccc1F)c1cc(F)ccc1Cl. The van der Waals surface area contributed by atoms with Crippen LogP contribution in [0.4, 0.5) is 8.78 Å². The average Bonchev–Trinajstić information content (AvgIpc) is 2.35. The molecule has 0 N–H and O–H groups in total. The highest BCUT2D eigenvalue weighted by Crippen LogP contribution is 2.20. The van der Waals surface area contributed by atoms with Gasteiger partial charge in [-0.2, -0.15) is 0 Å². The van der Waals surface area contributed by atoms with E-state index in [2.05, 4.69) is 0 Å². The minimum absolute atomic E-state index is 0.0694. The van der Waals surface area contributed by atoms with Crippen LogP contribution in [-0.2, 0) is 6.42 Å². The van der Waals surface area contributed by atoms with Crippen molar-refractivity contribution in [1.82, 2.24) is 0 Å². The van der Waals surface area contributed by atoms with Gasteiger partial charge in [-0.1, -0.05) is 29.8 Å². The van der Waals surface area contributed by atoms with Crippen LogP contribution in [0.15, 0.2) is 42.5 Å². The van der Waals surface area contributed by atoms with Crippen molar-refractivity contribution in [3.05, 3.63) is 70.2 Å². The van der Waals surface area contributed by atoms with Gasteiger partial charge in [-0.25, -0.2) is 8.78 Å². The van der Waals surface area contributed by atoms with Crippen molar-refractivity contribution >= 4 is 17.4 Å². The van der Waals surface area contributed by atoms with Gasteiger partial charge in [0.05, 0.1) is 5.02 Å². The topological polar surface area (TPSA) is 17.1 Å². The maximum atomic E-state index is 13.4. The number of hydrogen-bond acceptors (Lipinski definition) is 1. The first-order valence-electron chi connectivity index (χ1n) is 5.29. The Morgan fingerprint density at radius 2 is 1.83 bits per heavy atom. The molecule has 0 radical (unpaired) electrons. The lowest BCUT2D eigenvalue weighted by atomic mass is 10.0. The number of benzene rings is 2. The Kier molecular flexibility index (Phi) is 3.72. The highest BCUT2D eigenvalue weighted by Gasteiger charge is 2.14. The first kappa shape index (κ1) is 12.7. The van der Waals surface area contributed by atoms with Crippen LogP contribution in [0.3, 0.4) is 0 Å². The molecule has 0 fully saturated rings. The van der Waals surface area contributed by atoms with E-state index >= 15 is 0 Å². The van der Waals surface area contributed by atoms with Crippen LogP contribution in [-0.4, -0.2) is 5.78 Å². The molecule has 0 saturated carbocycles. The highest BCUT2D eigenvalue weighted by atomic mass is 35.5. The van der Waals surface area contributed by atoms with Gasteiger partial charge in [-0.05, 0) is 29.8 Å². The Balaban J connectivity index is 2.28. The lowest BCUT2D eigenvalue weighted by molar-refractivity contribution is 0.0991. The Bertz CT molecular complexity index is 596. The maximum Gasteiger partial charge on any atom is 0.168 e. The molecule has 0 atom stereocenters. The zero-order valence-electron chi connectivity index (χ0n) is 9.29. The van der Waals surface area contributed by atoms with Crippen molar-refractivity contribution in [3.63, 3.8) is 0 Å². The summed E-state index contributed by atoms with van der Waals surface area (Å²) in [5.41, 5.74) is 0.336. The molecule has 0 aliphatic heterocycles. The molecule has 0 aromatic heterocycles. The third-order valence-corrected chi connectivity index (χ3v) is 2.87. The highest BCUT2D eigenvalue weighted by molar-refractivity contribution is 6.34. The molecule has 2 aromatic rings. The molecular formula is C14H9ClF2O.